The van der Waals surface area contributed by atoms with Crippen LogP contribution in [0.4, 0.5) is 0 Å². The van der Waals surface area contributed by atoms with Crippen LogP contribution in [0.1, 0.15) is 31.7 Å². The highest BCUT2D eigenvalue weighted by Gasteiger charge is 2.21. The summed E-state index contributed by atoms with van der Waals surface area (Å²) in [7, 11) is 0. The van der Waals surface area contributed by atoms with Crippen LogP contribution in [0.25, 0.3) is 0 Å². The average molecular weight is 376 g/mol. The number of halogens is 2. The second-order valence-corrected chi connectivity index (χ2v) is 6.61. The van der Waals surface area contributed by atoms with Crippen LogP contribution in [0.2, 0.25) is 0 Å². The fourth-order valence-corrected chi connectivity index (χ4v) is 2.96. The number of carbonyl (C=O) groups excluding carboxylic acids is 1. The largest absolute Gasteiger partial charge is 0.352 e. The van der Waals surface area contributed by atoms with Crippen molar-refractivity contribution in [3.05, 3.63) is 34.3 Å². The van der Waals surface area contributed by atoms with Gasteiger partial charge in [0.1, 0.15) is 0 Å². The zero-order valence-electron chi connectivity index (χ0n) is 12.4. The molecule has 1 aliphatic rings. The van der Waals surface area contributed by atoms with E-state index < -0.39 is 0 Å². The maximum atomic E-state index is 12.0. The van der Waals surface area contributed by atoms with Crippen LogP contribution in [0.3, 0.4) is 0 Å². The van der Waals surface area contributed by atoms with Crippen LogP contribution < -0.4 is 10.6 Å². The molecule has 21 heavy (non-hydrogen) atoms. The second-order valence-electron chi connectivity index (χ2n) is 5.69. The SMILES string of the molecule is CC(CC(=O)NCc1ccc(Br)cc1)C1CCCNC1.Cl. The molecule has 2 N–H and O–H groups in total. The van der Waals surface area contributed by atoms with Gasteiger partial charge < -0.3 is 10.6 Å². The van der Waals surface area contributed by atoms with Crippen molar-refractivity contribution in [2.45, 2.75) is 32.7 Å². The highest BCUT2D eigenvalue weighted by atomic mass is 79.9. The number of nitrogens with one attached hydrogen (secondary N) is 2. The fourth-order valence-electron chi connectivity index (χ4n) is 2.70. The Balaban J connectivity index is 0.00000220. The molecule has 118 valence electrons. The summed E-state index contributed by atoms with van der Waals surface area (Å²) >= 11 is 3.41. The van der Waals surface area contributed by atoms with E-state index in [0.717, 1.165) is 23.1 Å². The van der Waals surface area contributed by atoms with Crippen LogP contribution in [-0.2, 0) is 11.3 Å². The zero-order chi connectivity index (χ0) is 14.4. The molecule has 0 aliphatic carbocycles. The predicted molar refractivity (Wildman–Crippen MR) is 92.6 cm³/mol. The van der Waals surface area contributed by atoms with Crippen molar-refractivity contribution in [3.63, 3.8) is 0 Å². The number of piperidine rings is 1. The molecule has 0 radical (unpaired) electrons. The molecule has 1 fully saturated rings. The summed E-state index contributed by atoms with van der Waals surface area (Å²) in [5.41, 5.74) is 1.13. The van der Waals surface area contributed by atoms with Gasteiger partial charge in [-0.3, -0.25) is 4.79 Å². The van der Waals surface area contributed by atoms with Crippen molar-refractivity contribution in [1.82, 2.24) is 10.6 Å². The Labute approximate surface area is 141 Å². The summed E-state index contributed by atoms with van der Waals surface area (Å²) in [4.78, 5) is 12.0. The molecule has 2 unspecified atom stereocenters. The topological polar surface area (TPSA) is 41.1 Å². The molecule has 0 bridgehead atoms. The Hall–Kier alpha value is -0.580. The summed E-state index contributed by atoms with van der Waals surface area (Å²) in [6.07, 6.45) is 3.10. The lowest BCUT2D eigenvalue weighted by Crippen LogP contribution is -2.35. The molecule has 1 aromatic rings. The minimum absolute atomic E-state index is 0. The van der Waals surface area contributed by atoms with Gasteiger partial charge in [-0.1, -0.05) is 35.0 Å². The number of carbonyl (C=O) groups is 1. The van der Waals surface area contributed by atoms with Gasteiger partial charge in [-0.15, -0.1) is 12.4 Å². The van der Waals surface area contributed by atoms with Gasteiger partial charge >= 0.3 is 0 Å². The van der Waals surface area contributed by atoms with Crippen LogP contribution >= 0.6 is 28.3 Å². The van der Waals surface area contributed by atoms with Gasteiger partial charge in [-0.2, -0.15) is 0 Å². The Morgan fingerprint density at radius 1 is 1.43 bits per heavy atom. The van der Waals surface area contributed by atoms with Crippen LogP contribution in [0, 0.1) is 11.8 Å². The predicted octanol–water partition coefficient (Wildman–Crippen LogP) is 3.51. The molecule has 1 heterocycles. The van der Waals surface area contributed by atoms with Gasteiger partial charge in [0.05, 0.1) is 0 Å². The third-order valence-corrected chi connectivity index (χ3v) is 4.58. The van der Waals surface area contributed by atoms with Gasteiger partial charge in [-0.25, -0.2) is 0 Å². The van der Waals surface area contributed by atoms with Crippen molar-refractivity contribution >= 4 is 34.2 Å². The van der Waals surface area contributed by atoms with Crippen LogP contribution in [0.15, 0.2) is 28.7 Å². The highest BCUT2D eigenvalue weighted by molar-refractivity contribution is 9.10. The molecular formula is C16H24BrClN2O. The Kier molecular flexibility index (Phi) is 8.30. The van der Waals surface area contributed by atoms with Gasteiger partial charge in [-0.05, 0) is 55.5 Å². The standard InChI is InChI=1S/C16H23BrN2O.ClH/c1-12(14-3-2-8-18-11-14)9-16(20)19-10-13-4-6-15(17)7-5-13;/h4-7,12,14,18H,2-3,8-11H2,1H3,(H,19,20);1H. The van der Waals surface area contributed by atoms with Crippen molar-refractivity contribution in [2.24, 2.45) is 11.8 Å². The lowest BCUT2D eigenvalue weighted by molar-refractivity contribution is -0.122. The molecule has 1 saturated heterocycles. The summed E-state index contributed by atoms with van der Waals surface area (Å²) in [6, 6.07) is 8.05. The van der Waals surface area contributed by atoms with Crippen molar-refractivity contribution in [2.75, 3.05) is 13.1 Å². The number of hydrogen-bond acceptors (Lipinski definition) is 2. The molecule has 0 saturated carbocycles. The van der Waals surface area contributed by atoms with E-state index in [0.29, 0.717) is 24.8 Å². The van der Waals surface area contributed by atoms with E-state index in [-0.39, 0.29) is 18.3 Å². The summed E-state index contributed by atoms with van der Waals surface area (Å²) in [5.74, 6) is 1.25. The molecule has 2 rings (SSSR count). The normalized spacial score (nSPS) is 19.4. The van der Waals surface area contributed by atoms with E-state index in [1.54, 1.807) is 0 Å². The molecule has 0 spiro atoms. The Morgan fingerprint density at radius 3 is 2.76 bits per heavy atom. The molecular weight excluding hydrogens is 352 g/mol. The monoisotopic (exact) mass is 374 g/mol. The van der Waals surface area contributed by atoms with Crippen LogP contribution in [-0.4, -0.2) is 19.0 Å². The number of hydrogen-bond donors (Lipinski definition) is 2. The molecule has 2 atom stereocenters. The molecule has 1 amide bonds. The van der Waals surface area contributed by atoms with Gasteiger partial charge in [0.25, 0.3) is 0 Å². The zero-order valence-corrected chi connectivity index (χ0v) is 14.8. The summed E-state index contributed by atoms with van der Waals surface area (Å²) in [5, 5.41) is 6.43. The minimum atomic E-state index is 0. The van der Waals surface area contributed by atoms with Gasteiger partial charge in [0.15, 0.2) is 0 Å². The maximum absolute atomic E-state index is 12.0. The highest BCUT2D eigenvalue weighted by Crippen LogP contribution is 2.22. The molecule has 0 aromatic heterocycles. The van der Waals surface area contributed by atoms with E-state index >= 15 is 0 Å². The van der Waals surface area contributed by atoms with E-state index in [1.165, 1.54) is 12.8 Å². The summed E-state index contributed by atoms with van der Waals surface area (Å²) in [6.45, 7) is 4.98. The molecule has 1 aromatic carbocycles. The Morgan fingerprint density at radius 2 is 2.14 bits per heavy atom. The third-order valence-electron chi connectivity index (χ3n) is 4.05. The van der Waals surface area contributed by atoms with Gasteiger partial charge in [0, 0.05) is 17.4 Å². The first kappa shape index (κ1) is 18.5. The molecule has 1 aliphatic heterocycles. The average Bonchev–Trinajstić information content (AvgIpc) is 2.47. The minimum Gasteiger partial charge on any atom is -0.352 e. The van der Waals surface area contributed by atoms with E-state index in [1.807, 2.05) is 24.3 Å². The smallest absolute Gasteiger partial charge is 0.220 e. The first-order chi connectivity index (χ1) is 9.65. The Bertz CT molecular complexity index is 432. The quantitative estimate of drug-likeness (QED) is 0.827. The van der Waals surface area contributed by atoms with E-state index in [9.17, 15) is 4.79 Å². The van der Waals surface area contributed by atoms with Gasteiger partial charge in [0.2, 0.25) is 5.91 Å². The number of benzene rings is 1. The molecule has 5 heteroatoms. The third kappa shape index (κ3) is 6.37. The number of rotatable bonds is 5. The second kappa shape index (κ2) is 9.44. The maximum Gasteiger partial charge on any atom is 0.220 e. The first-order valence-electron chi connectivity index (χ1n) is 7.37. The van der Waals surface area contributed by atoms with Crippen molar-refractivity contribution < 1.29 is 4.79 Å². The van der Waals surface area contributed by atoms with E-state index in [2.05, 4.69) is 33.5 Å². The first-order valence-corrected chi connectivity index (χ1v) is 8.16. The number of amides is 1. The van der Waals surface area contributed by atoms with Crippen molar-refractivity contribution in [3.8, 4) is 0 Å². The van der Waals surface area contributed by atoms with Crippen molar-refractivity contribution in [1.29, 1.82) is 0 Å². The lowest BCUT2D eigenvalue weighted by Gasteiger charge is -2.28. The fraction of sp³-hybridized carbons (Fsp3) is 0.562. The summed E-state index contributed by atoms with van der Waals surface area (Å²) < 4.78 is 1.06. The van der Waals surface area contributed by atoms with E-state index in [4.69, 9.17) is 0 Å². The molecule has 3 nitrogen and oxygen atoms in total. The lowest BCUT2D eigenvalue weighted by atomic mass is 9.85. The van der Waals surface area contributed by atoms with Crippen LogP contribution in [0.5, 0.6) is 0 Å².